The van der Waals surface area contributed by atoms with Crippen LogP contribution < -0.4 is 11.1 Å². The van der Waals surface area contributed by atoms with E-state index in [4.69, 9.17) is 28.9 Å². The molecule has 2 amide bonds. The van der Waals surface area contributed by atoms with E-state index in [1.165, 1.54) is 18.0 Å². The standard InChI is InChI=1S/C18H14Cl2N6O5S2/c19-9-5-6(3-4-22-9)32-8-2-1-7-10(16(28)26(7)13(8)17(29)30)23-15(27)12(25-31)11-14(20)33-18(21)24-11/h3-5,7,10,31H,1-2H2,(H2,21,24)(H,23,27)(H,29,30)/b25-12-/t7-,10+/m1/s1. The van der Waals surface area contributed by atoms with E-state index >= 15 is 0 Å². The number of nitrogens with one attached hydrogen (secondary N) is 1. The van der Waals surface area contributed by atoms with Crippen LogP contribution in [0.2, 0.25) is 9.49 Å². The summed E-state index contributed by atoms with van der Waals surface area (Å²) in [7, 11) is 0. The van der Waals surface area contributed by atoms with Crippen molar-refractivity contribution in [3.8, 4) is 0 Å². The Morgan fingerprint density at radius 2 is 2.15 bits per heavy atom. The number of β-lactam (4-membered cyclic amide) rings is 1. The van der Waals surface area contributed by atoms with Gasteiger partial charge in [0.25, 0.3) is 11.8 Å². The first kappa shape index (κ1) is 23.3. The number of pyridine rings is 1. The summed E-state index contributed by atoms with van der Waals surface area (Å²) in [5.74, 6) is -2.75. The van der Waals surface area contributed by atoms with Gasteiger partial charge in [0, 0.05) is 16.0 Å². The van der Waals surface area contributed by atoms with Gasteiger partial charge >= 0.3 is 5.97 Å². The van der Waals surface area contributed by atoms with E-state index in [1.807, 2.05) is 0 Å². The van der Waals surface area contributed by atoms with Crippen LogP contribution in [-0.2, 0) is 14.4 Å². The Morgan fingerprint density at radius 3 is 2.76 bits per heavy atom. The van der Waals surface area contributed by atoms with Crippen molar-refractivity contribution in [2.24, 2.45) is 5.16 Å². The fourth-order valence-corrected chi connectivity index (χ4v) is 5.84. The van der Waals surface area contributed by atoms with Crippen LogP contribution in [0.25, 0.3) is 0 Å². The van der Waals surface area contributed by atoms with Crippen molar-refractivity contribution in [2.45, 2.75) is 29.8 Å². The highest BCUT2D eigenvalue weighted by Crippen LogP contribution is 2.43. The monoisotopic (exact) mass is 528 g/mol. The molecule has 0 aromatic carbocycles. The second kappa shape index (κ2) is 9.17. The molecular weight excluding hydrogens is 515 g/mol. The number of nitrogens with two attached hydrogens (primary N) is 1. The number of hydrogen-bond donors (Lipinski definition) is 4. The summed E-state index contributed by atoms with van der Waals surface area (Å²) in [6.07, 6.45) is 2.27. The van der Waals surface area contributed by atoms with Gasteiger partial charge in [-0.15, -0.1) is 0 Å². The number of carbonyl (C=O) groups excluding carboxylic acids is 2. The number of amides is 2. The third-order valence-electron chi connectivity index (χ3n) is 4.96. The number of oxime groups is 1. The van der Waals surface area contributed by atoms with E-state index < -0.39 is 35.6 Å². The normalized spacial score (nSPS) is 20.4. The number of carboxylic acids is 1. The van der Waals surface area contributed by atoms with E-state index in [2.05, 4.69) is 20.4 Å². The Hall–Kier alpha value is -2.87. The number of thioether (sulfide) groups is 1. The van der Waals surface area contributed by atoms with Gasteiger partial charge in [-0.05, 0) is 25.0 Å². The third-order valence-corrected chi connectivity index (χ3v) is 7.39. The van der Waals surface area contributed by atoms with Crippen LogP contribution in [0.4, 0.5) is 5.13 Å². The summed E-state index contributed by atoms with van der Waals surface area (Å²) in [5.41, 5.74) is 4.79. The van der Waals surface area contributed by atoms with Crippen molar-refractivity contribution < 1.29 is 24.7 Å². The molecule has 11 nitrogen and oxygen atoms in total. The Balaban J connectivity index is 1.54. The van der Waals surface area contributed by atoms with Crippen LogP contribution in [0.1, 0.15) is 18.5 Å². The van der Waals surface area contributed by atoms with E-state index in [-0.39, 0.29) is 26.0 Å². The molecule has 0 spiro atoms. The minimum absolute atomic E-state index is 0.0451. The smallest absolute Gasteiger partial charge is 0.353 e. The second-order valence-electron chi connectivity index (χ2n) is 6.88. The molecule has 172 valence electrons. The number of rotatable bonds is 6. The maximum atomic E-state index is 12.8. The summed E-state index contributed by atoms with van der Waals surface area (Å²) < 4.78 is 0.0451. The van der Waals surface area contributed by atoms with E-state index in [1.54, 1.807) is 12.1 Å². The van der Waals surface area contributed by atoms with Crippen LogP contribution in [0.5, 0.6) is 0 Å². The van der Waals surface area contributed by atoms with E-state index in [0.29, 0.717) is 22.6 Å². The average molecular weight is 529 g/mol. The largest absolute Gasteiger partial charge is 0.477 e. The van der Waals surface area contributed by atoms with Gasteiger partial charge in [0.05, 0.1) is 6.04 Å². The highest BCUT2D eigenvalue weighted by atomic mass is 35.5. The molecule has 2 aromatic heterocycles. The second-order valence-corrected chi connectivity index (χ2v) is 10.1. The molecule has 15 heteroatoms. The minimum Gasteiger partial charge on any atom is -0.477 e. The molecule has 2 aliphatic heterocycles. The lowest BCUT2D eigenvalue weighted by Crippen LogP contribution is -2.72. The Labute approximate surface area is 204 Å². The molecule has 2 atom stereocenters. The highest BCUT2D eigenvalue weighted by Gasteiger charge is 2.53. The summed E-state index contributed by atoms with van der Waals surface area (Å²) in [6, 6.07) is 1.70. The molecule has 0 bridgehead atoms. The van der Waals surface area contributed by atoms with Gasteiger partial charge in [-0.3, -0.25) is 14.5 Å². The minimum atomic E-state index is -1.26. The van der Waals surface area contributed by atoms with Gasteiger partial charge in [-0.25, -0.2) is 14.8 Å². The Bertz CT molecular complexity index is 1230. The molecule has 2 aromatic rings. The van der Waals surface area contributed by atoms with Gasteiger partial charge in [-0.2, -0.15) is 0 Å². The molecule has 5 N–H and O–H groups in total. The van der Waals surface area contributed by atoms with E-state index in [9.17, 15) is 24.7 Å². The SMILES string of the molecule is Nc1nc(/C(=N/O)C(=O)N[C@@H]2C(=O)N3C(C(=O)O)=C(Sc4ccnc(Cl)c4)CC[C@H]23)c(Cl)s1. The average Bonchev–Trinajstić information content (AvgIpc) is 3.09. The molecule has 33 heavy (non-hydrogen) atoms. The van der Waals surface area contributed by atoms with Crippen molar-refractivity contribution in [3.05, 3.63) is 44.1 Å². The number of nitrogens with zero attached hydrogens (tertiary/aromatic N) is 4. The van der Waals surface area contributed by atoms with Gasteiger partial charge in [0.15, 0.2) is 10.8 Å². The summed E-state index contributed by atoms with van der Waals surface area (Å²) in [6.45, 7) is 0. The summed E-state index contributed by atoms with van der Waals surface area (Å²) in [4.78, 5) is 47.6. The summed E-state index contributed by atoms with van der Waals surface area (Å²) >= 11 is 14.0. The van der Waals surface area contributed by atoms with Crippen molar-refractivity contribution in [2.75, 3.05) is 5.73 Å². The number of fused-ring (bicyclic) bond motifs is 1. The lowest BCUT2D eigenvalue weighted by atomic mass is 9.86. The first-order valence-corrected chi connectivity index (χ1v) is 11.6. The number of nitrogen functional groups attached to an aromatic ring is 1. The van der Waals surface area contributed by atoms with Crippen LogP contribution in [-0.4, -0.2) is 60.8 Å². The number of hydrogen-bond acceptors (Lipinski definition) is 10. The number of anilines is 1. The molecule has 0 radical (unpaired) electrons. The zero-order valence-corrected chi connectivity index (χ0v) is 19.5. The number of thiazole rings is 1. The van der Waals surface area contributed by atoms with Gasteiger partial charge in [-0.1, -0.05) is 51.5 Å². The van der Waals surface area contributed by atoms with Crippen LogP contribution in [0, 0.1) is 0 Å². The van der Waals surface area contributed by atoms with Crippen molar-refractivity contribution in [3.63, 3.8) is 0 Å². The van der Waals surface area contributed by atoms with Crippen LogP contribution in [0.15, 0.2) is 39.0 Å². The number of allylic oxidation sites excluding steroid dienone is 1. The zero-order chi connectivity index (χ0) is 23.9. The molecule has 2 aliphatic rings. The van der Waals surface area contributed by atoms with Crippen molar-refractivity contribution in [1.29, 1.82) is 0 Å². The lowest BCUT2D eigenvalue weighted by Gasteiger charge is -2.50. The third kappa shape index (κ3) is 4.36. The fourth-order valence-electron chi connectivity index (χ4n) is 3.59. The Morgan fingerprint density at radius 1 is 1.39 bits per heavy atom. The predicted molar refractivity (Wildman–Crippen MR) is 121 cm³/mol. The number of carbonyl (C=O) groups is 3. The lowest BCUT2D eigenvalue weighted by molar-refractivity contribution is -0.155. The first-order valence-electron chi connectivity index (χ1n) is 9.25. The van der Waals surface area contributed by atoms with Gasteiger partial charge in [0.1, 0.15) is 26.9 Å². The fraction of sp³-hybridized carbons (Fsp3) is 0.222. The number of aromatic nitrogens is 2. The Kier molecular flexibility index (Phi) is 6.47. The van der Waals surface area contributed by atoms with E-state index in [0.717, 1.165) is 16.2 Å². The molecular formula is C18H14Cl2N6O5S2. The van der Waals surface area contributed by atoms with Crippen LogP contribution >= 0.6 is 46.3 Å². The maximum absolute atomic E-state index is 12.8. The van der Waals surface area contributed by atoms with Crippen molar-refractivity contribution in [1.82, 2.24) is 20.2 Å². The number of carboxylic acid groups (broad SMARTS) is 1. The molecule has 4 rings (SSSR count). The maximum Gasteiger partial charge on any atom is 0.353 e. The molecule has 1 fully saturated rings. The number of aliphatic carboxylic acids is 1. The van der Waals surface area contributed by atoms with Gasteiger partial charge in [0.2, 0.25) is 0 Å². The highest BCUT2D eigenvalue weighted by molar-refractivity contribution is 8.03. The van der Waals surface area contributed by atoms with Crippen molar-refractivity contribution >= 4 is 74.9 Å². The molecule has 0 unspecified atom stereocenters. The first-order chi connectivity index (χ1) is 15.7. The van der Waals surface area contributed by atoms with Gasteiger partial charge < -0.3 is 21.4 Å². The quantitative estimate of drug-likeness (QED) is 0.144. The summed E-state index contributed by atoms with van der Waals surface area (Å²) in [5, 5.41) is 24.8. The predicted octanol–water partition coefficient (Wildman–Crippen LogP) is 2.18. The molecule has 0 saturated carbocycles. The molecule has 4 heterocycles. The molecule has 0 aliphatic carbocycles. The number of halogens is 2. The molecule has 1 saturated heterocycles. The van der Waals surface area contributed by atoms with Crippen LogP contribution in [0.3, 0.4) is 0 Å². The zero-order valence-electron chi connectivity index (χ0n) is 16.4. The topological polar surface area (TPSA) is 171 Å².